The van der Waals surface area contributed by atoms with Crippen LogP contribution in [0.3, 0.4) is 0 Å². The van der Waals surface area contributed by atoms with Crippen LogP contribution in [0.15, 0.2) is 0 Å². The van der Waals surface area contributed by atoms with E-state index in [1.165, 1.54) is 45.1 Å². The molecule has 0 aromatic rings. The molecule has 1 aliphatic heterocycles. The van der Waals surface area contributed by atoms with E-state index in [2.05, 4.69) is 4.90 Å². The van der Waals surface area contributed by atoms with Crippen LogP contribution < -0.4 is 0 Å². The van der Waals surface area contributed by atoms with Crippen LogP contribution in [0.2, 0.25) is 0 Å². The molecule has 1 unspecified atom stereocenters. The number of aliphatic hydroxyl groups is 1. The first-order valence-electron chi connectivity index (χ1n) is 5.75. The van der Waals surface area contributed by atoms with Gasteiger partial charge >= 0.3 is 0 Å². The van der Waals surface area contributed by atoms with Gasteiger partial charge in [-0.2, -0.15) is 0 Å². The second-order valence-corrected chi connectivity index (χ2v) is 4.62. The van der Waals surface area contributed by atoms with Crippen LogP contribution in [-0.2, 0) is 0 Å². The lowest BCUT2D eigenvalue weighted by atomic mass is 9.94. The SMILES string of the molecule is OCC1CCN(C2CCCCC2)C1. The molecule has 1 saturated carbocycles. The molecular formula is C11H21NO. The molecule has 0 spiro atoms. The van der Waals surface area contributed by atoms with E-state index >= 15 is 0 Å². The van der Waals surface area contributed by atoms with Crippen molar-refractivity contribution in [2.75, 3.05) is 19.7 Å². The van der Waals surface area contributed by atoms with Crippen LogP contribution in [0.4, 0.5) is 0 Å². The first-order valence-corrected chi connectivity index (χ1v) is 5.75. The first kappa shape index (κ1) is 9.47. The summed E-state index contributed by atoms with van der Waals surface area (Å²) in [4.78, 5) is 2.61. The fourth-order valence-electron chi connectivity index (χ4n) is 2.79. The maximum absolute atomic E-state index is 9.06. The molecule has 2 heteroatoms. The molecule has 2 fully saturated rings. The van der Waals surface area contributed by atoms with E-state index in [0.717, 1.165) is 12.6 Å². The van der Waals surface area contributed by atoms with Crippen LogP contribution in [-0.4, -0.2) is 35.7 Å². The minimum Gasteiger partial charge on any atom is -0.396 e. The summed E-state index contributed by atoms with van der Waals surface area (Å²) in [6.45, 7) is 2.78. The van der Waals surface area contributed by atoms with Gasteiger partial charge in [0.25, 0.3) is 0 Å². The van der Waals surface area contributed by atoms with E-state index in [-0.39, 0.29) is 0 Å². The highest BCUT2D eigenvalue weighted by atomic mass is 16.3. The Balaban J connectivity index is 1.80. The maximum atomic E-state index is 9.06. The Bertz CT molecular complexity index is 154. The molecule has 1 heterocycles. The average molecular weight is 183 g/mol. The third kappa shape index (κ3) is 2.23. The molecule has 2 rings (SSSR count). The van der Waals surface area contributed by atoms with Crippen molar-refractivity contribution in [3.8, 4) is 0 Å². The second kappa shape index (κ2) is 4.43. The minimum absolute atomic E-state index is 0.392. The summed E-state index contributed by atoms with van der Waals surface area (Å²) in [5.74, 6) is 0.571. The van der Waals surface area contributed by atoms with Crippen molar-refractivity contribution in [3.63, 3.8) is 0 Å². The lowest BCUT2D eigenvalue weighted by Crippen LogP contribution is -2.35. The van der Waals surface area contributed by atoms with Crippen molar-refractivity contribution >= 4 is 0 Å². The van der Waals surface area contributed by atoms with E-state index in [1.54, 1.807) is 0 Å². The number of nitrogens with zero attached hydrogens (tertiary/aromatic N) is 1. The van der Waals surface area contributed by atoms with Gasteiger partial charge in [0.05, 0.1) is 0 Å². The lowest BCUT2D eigenvalue weighted by molar-refractivity contribution is 0.169. The second-order valence-electron chi connectivity index (χ2n) is 4.62. The summed E-state index contributed by atoms with van der Waals surface area (Å²) in [6, 6.07) is 0.852. The number of aliphatic hydroxyl groups excluding tert-OH is 1. The highest BCUT2D eigenvalue weighted by Crippen LogP contribution is 2.27. The van der Waals surface area contributed by atoms with Crippen molar-refractivity contribution < 1.29 is 5.11 Å². The van der Waals surface area contributed by atoms with Crippen molar-refractivity contribution in [1.29, 1.82) is 0 Å². The molecule has 0 amide bonds. The zero-order valence-electron chi connectivity index (χ0n) is 8.41. The molecular weight excluding hydrogens is 162 g/mol. The van der Waals surface area contributed by atoms with Crippen LogP contribution in [0.5, 0.6) is 0 Å². The summed E-state index contributed by atoms with van der Waals surface area (Å²) in [5.41, 5.74) is 0. The lowest BCUT2D eigenvalue weighted by Gasteiger charge is -2.30. The monoisotopic (exact) mass is 183 g/mol. The smallest absolute Gasteiger partial charge is 0.0471 e. The topological polar surface area (TPSA) is 23.5 Å². The standard InChI is InChI=1S/C11H21NO/c13-9-10-6-7-12(8-10)11-4-2-1-3-5-11/h10-11,13H,1-9H2. The fourth-order valence-corrected chi connectivity index (χ4v) is 2.79. The summed E-state index contributed by atoms with van der Waals surface area (Å²) in [5, 5.41) is 9.06. The van der Waals surface area contributed by atoms with Gasteiger partial charge in [0.2, 0.25) is 0 Å². The Morgan fingerprint density at radius 3 is 2.46 bits per heavy atom. The summed E-state index contributed by atoms with van der Waals surface area (Å²) in [7, 11) is 0. The third-order valence-corrected chi connectivity index (χ3v) is 3.67. The van der Waals surface area contributed by atoms with Crippen LogP contribution in [0.25, 0.3) is 0 Å². The number of likely N-dealkylation sites (tertiary alicyclic amines) is 1. The van der Waals surface area contributed by atoms with Gasteiger partial charge in [0.1, 0.15) is 0 Å². The molecule has 1 N–H and O–H groups in total. The quantitative estimate of drug-likeness (QED) is 0.703. The Kier molecular flexibility index (Phi) is 3.23. The van der Waals surface area contributed by atoms with Gasteiger partial charge in [-0.3, -0.25) is 0 Å². The number of hydrogen-bond donors (Lipinski definition) is 1. The van der Waals surface area contributed by atoms with Crippen molar-refractivity contribution in [2.45, 2.75) is 44.6 Å². The molecule has 0 bridgehead atoms. The molecule has 2 nitrogen and oxygen atoms in total. The zero-order chi connectivity index (χ0) is 9.10. The largest absolute Gasteiger partial charge is 0.396 e. The number of rotatable bonds is 2. The molecule has 2 aliphatic rings. The summed E-state index contributed by atoms with van der Waals surface area (Å²) >= 11 is 0. The van der Waals surface area contributed by atoms with Gasteiger partial charge in [-0.25, -0.2) is 0 Å². The third-order valence-electron chi connectivity index (χ3n) is 3.67. The van der Waals surface area contributed by atoms with E-state index in [0.29, 0.717) is 12.5 Å². The van der Waals surface area contributed by atoms with Gasteiger partial charge in [-0.1, -0.05) is 19.3 Å². The predicted octanol–water partition coefficient (Wildman–Crippen LogP) is 1.63. The van der Waals surface area contributed by atoms with Gasteiger partial charge in [0, 0.05) is 19.2 Å². The summed E-state index contributed by atoms with van der Waals surface area (Å²) in [6.07, 6.45) is 8.30. The molecule has 1 saturated heterocycles. The molecule has 0 aromatic carbocycles. The number of hydrogen-bond acceptors (Lipinski definition) is 2. The predicted molar refractivity (Wildman–Crippen MR) is 53.6 cm³/mol. The van der Waals surface area contributed by atoms with Crippen molar-refractivity contribution in [1.82, 2.24) is 4.90 Å². The van der Waals surface area contributed by atoms with Crippen LogP contribution in [0.1, 0.15) is 38.5 Å². The van der Waals surface area contributed by atoms with Gasteiger partial charge < -0.3 is 10.0 Å². The summed E-state index contributed by atoms with van der Waals surface area (Å²) < 4.78 is 0. The van der Waals surface area contributed by atoms with Crippen molar-refractivity contribution in [2.24, 2.45) is 5.92 Å². The van der Waals surface area contributed by atoms with Crippen LogP contribution >= 0.6 is 0 Å². The van der Waals surface area contributed by atoms with Crippen molar-refractivity contribution in [3.05, 3.63) is 0 Å². The molecule has 1 atom stereocenters. The fraction of sp³-hybridized carbons (Fsp3) is 1.00. The highest BCUT2D eigenvalue weighted by Gasteiger charge is 2.28. The molecule has 0 radical (unpaired) electrons. The Labute approximate surface area is 80.9 Å². The molecule has 13 heavy (non-hydrogen) atoms. The normalized spacial score (nSPS) is 32.5. The van der Waals surface area contributed by atoms with E-state index < -0.39 is 0 Å². The van der Waals surface area contributed by atoms with Gasteiger partial charge in [0.15, 0.2) is 0 Å². The first-order chi connectivity index (χ1) is 6.40. The van der Waals surface area contributed by atoms with E-state index in [9.17, 15) is 0 Å². The maximum Gasteiger partial charge on any atom is 0.0471 e. The zero-order valence-corrected chi connectivity index (χ0v) is 8.41. The Morgan fingerprint density at radius 1 is 1.08 bits per heavy atom. The minimum atomic E-state index is 0.392. The van der Waals surface area contributed by atoms with Crippen LogP contribution in [0, 0.1) is 5.92 Å². The van der Waals surface area contributed by atoms with Gasteiger partial charge in [-0.15, -0.1) is 0 Å². The Morgan fingerprint density at radius 2 is 1.85 bits per heavy atom. The highest BCUT2D eigenvalue weighted by molar-refractivity contribution is 4.82. The molecule has 1 aliphatic carbocycles. The Hall–Kier alpha value is -0.0800. The molecule has 76 valence electrons. The van der Waals surface area contributed by atoms with E-state index in [4.69, 9.17) is 5.11 Å². The van der Waals surface area contributed by atoms with Gasteiger partial charge in [-0.05, 0) is 31.7 Å². The van der Waals surface area contributed by atoms with E-state index in [1.807, 2.05) is 0 Å². The molecule has 0 aromatic heterocycles. The average Bonchev–Trinajstić information content (AvgIpc) is 2.67.